The summed E-state index contributed by atoms with van der Waals surface area (Å²) in [6.07, 6.45) is 2.80. The number of aliphatic imine (C=N–C) groups is 1. The highest BCUT2D eigenvalue weighted by Gasteiger charge is 2.46. The summed E-state index contributed by atoms with van der Waals surface area (Å²) in [6, 6.07) is 14.6. The van der Waals surface area contributed by atoms with Gasteiger partial charge in [-0.2, -0.15) is 0 Å². The normalized spacial score (nSPS) is 22.8. The number of anilines is 1. The SMILES string of the molecule is CC1(C)OC(=O)c2ccc(NC3N=C(N[C@H](CO)c4ccccc4)C=CN3CC3CC(F)(F)C3)cc21. The van der Waals surface area contributed by atoms with Crippen molar-refractivity contribution >= 4 is 17.5 Å². The number of alkyl halides is 2. The van der Waals surface area contributed by atoms with Crippen LogP contribution in [0.25, 0.3) is 0 Å². The van der Waals surface area contributed by atoms with Crippen LogP contribution in [0.4, 0.5) is 14.5 Å². The molecule has 0 radical (unpaired) electrons. The van der Waals surface area contributed by atoms with Gasteiger partial charge in [-0.25, -0.2) is 18.6 Å². The fourth-order valence-corrected chi connectivity index (χ4v) is 4.97. The van der Waals surface area contributed by atoms with E-state index in [-0.39, 0.29) is 37.4 Å². The summed E-state index contributed by atoms with van der Waals surface area (Å²) in [5, 5.41) is 16.6. The molecule has 2 atom stereocenters. The molecule has 0 spiro atoms. The maximum absolute atomic E-state index is 13.5. The van der Waals surface area contributed by atoms with Crippen LogP contribution in [0.5, 0.6) is 0 Å². The van der Waals surface area contributed by atoms with Crippen molar-refractivity contribution in [2.24, 2.45) is 10.9 Å². The summed E-state index contributed by atoms with van der Waals surface area (Å²) < 4.78 is 32.4. The Balaban J connectivity index is 1.38. The van der Waals surface area contributed by atoms with Crippen molar-refractivity contribution in [3.05, 3.63) is 77.5 Å². The molecule has 0 bridgehead atoms. The van der Waals surface area contributed by atoms with E-state index in [4.69, 9.17) is 9.73 Å². The number of aliphatic hydroxyl groups is 1. The van der Waals surface area contributed by atoms with Gasteiger partial charge in [0, 0.05) is 36.8 Å². The highest BCUT2D eigenvalue weighted by atomic mass is 19.3. The number of ether oxygens (including phenoxy) is 1. The minimum atomic E-state index is -2.59. The van der Waals surface area contributed by atoms with Gasteiger partial charge in [0.05, 0.1) is 18.2 Å². The maximum atomic E-state index is 13.5. The Morgan fingerprint density at radius 1 is 1.19 bits per heavy atom. The van der Waals surface area contributed by atoms with Crippen LogP contribution in [-0.2, 0) is 10.3 Å². The van der Waals surface area contributed by atoms with E-state index in [0.717, 1.165) is 16.8 Å². The van der Waals surface area contributed by atoms with Crippen molar-refractivity contribution in [2.75, 3.05) is 18.5 Å². The monoisotopic (exact) mass is 496 g/mol. The summed E-state index contributed by atoms with van der Waals surface area (Å²) >= 11 is 0. The Kier molecular flexibility index (Phi) is 6.20. The Morgan fingerprint density at radius 3 is 2.64 bits per heavy atom. The fraction of sp³-hybridized carbons (Fsp3) is 0.407. The molecule has 0 amide bonds. The molecule has 0 aromatic heterocycles. The average Bonchev–Trinajstić information content (AvgIpc) is 3.06. The van der Waals surface area contributed by atoms with Crippen LogP contribution in [0, 0.1) is 5.92 Å². The number of hydrogen-bond acceptors (Lipinski definition) is 7. The van der Waals surface area contributed by atoms with E-state index in [2.05, 4.69) is 10.6 Å². The van der Waals surface area contributed by atoms with Gasteiger partial charge >= 0.3 is 5.97 Å². The molecule has 2 heterocycles. The number of carbonyl (C=O) groups excluding carboxylic acids is 1. The zero-order chi connectivity index (χ0) is 25.5. The first-order valence-electron chi connectivity index (χ1n) is 12.1. The smallest absolute Gasteiger partial charge is 0.339 e. The molecule has 190 valence electrons. The molecule has 2 aliphatic heterocycles. The molecule has 1 saturated carbocycles. The summed E-state index contributed by atoms with van der Waals surface area (Å²) in [6.45, 7) is 3.99. The van der Waals surface area contributed by atoms with Crippen LogP contribution in [0.3, 0.4) is 0 Å². The van der Waals surface area contributed by atoms with Gasteiger partial charge in [-0.1, -0.05) is 30.3 Å². The lowest BCUT2D eigenvalue weighted by Crippen LogP contribution is -2.48. The molecule has 1 unspecified atom stereocenters. The lowest BCUT2D eigenvalue weighted by atomic mass is 9.81. The lowest BCUT2D eigenvalue weighted by molar-refractivity contribution is -0.115. The first-order valence-corrected chi connectivity index (χ1v) is 12.1. The number of carbonyl (C=O) groups is 1. The third-order valence-corrected chi connectivity index (χ3v) is 6.88. The van der Waals surface area contributed by atoms with Gasteiger partial charge in [-0.3, -0.25) is 0 Å². The van der Waals surface area contributed by atoms with Crippen molar-refractivity contribution in [2.45, 2.75) is 50.5 Å². The molecule has 0 saturated heterocycles. The third kappa shape index (κ3) is 4.93. The molecular weight excluding hydrogens is 466 g/mol. The predicted octanol–water partition coefficient (Wildman–Crippen LogP) is 4.38. The van der Waals surface area contributed by atoms with E-state index in [1.807, 2.05) is 61.3 Å². The van der Waals surface area contributed by atoms with Gasteiger partial charge < -0.3 is 25.4 Å². The molecule has 5 rings (SSSR count). The zero-order valence-corrected chi connectivity index (χ0v) is 20.2. The van der Waals surface area contributed by atoms with Gasteiger partial charge in [-0.05, 0) is 49.6 Å². The molecule has 2 aromatic carbocycles. The fourth-order valence-electron chi connectivity index (χ4n) is 4.97. The Morgan fingerprint density at radius 2 is 1.94 bits per heavy atom. The first kappa shape index (κ1) is 24.2. The Hall–Kier alpha value is -3.46. The van der Waals surface area contributed by atoms with E-state index in [0.29, 0.717) is 17.9 Å². The van der Waals surface area contributed by atoms with E-state index in [1.54, 1.807) is 18.2 Å². The number of benzene rings is 2. The van der Waals surface area contributed by atoms with Gasteiger partial charge in [0.25, 0.3) is 0 Å². The van der Waals surface area contributed by atoms with E-state index < -0.39 is 17.8 Å². The second-order valence-electron chi connectivity index (χ2n) is 10.1. The zero-order valence-electron chi connectivity index (χ0n) is 20.2. The summed E-state index contributed by atoms with van der Waals surface area (Å²) in [5.41, 5.74) is 2.22. The molecule has 36 heavy (non-hydrogen) atoms. The van der Waals surface area contributed by atoms with E-state index >= 15 is 0 Å². The lowest BCUT2D eigenvalue weighted by Gasteiger charge is -2.41. The third-order valence-electron chi connectivity index (χ3n) is 6.88. The topological polar surface area (TPSA) is 86.2 Å². The summed E-state index contributed by atoms with van der Waals surface area (Å²) in [4.78, 5) is 18.9. The molecule has 2 aromatic rings. The highest BCUT2D eigenvalue weighted by Crippen LogP contribution is 2.43. The van der Waals surface area contributed by atoms with Crippen molar-refractivity contribution in [1.82, 2.24) is 10.2 Å². The number of amidine groups is 1. The number of esters is 1. The van der Waals surface area contributed by atoms with Crippen LogP contribution < -0.4 is 10.6 Å². The van der Waals surface area contributed by atoms with Gasteiger partial charge in [0.2, 0.25) is 5.92 Å². The highest BCUT2D eigenvalue weighted by molar-refractivity contribution is 5.95. The molecule has 1 aliphatic carbocycles. The first-order chi connectivity index (χ1) is 17.1. The number of hydrogen-bond donors (Lipinski definition) is 3. The number of nitrogens with one attached hydrogen (secondary N) is 2. The number of fused-ring (bicyclic) bond motifs is 1. The predicted molar refractivity (Wildman–Crippen MR) is 133 cm³/mol. The molecule has 7 nitrogen and oxygen atoms in total. The number of halogens is 2. The van der Waals surface area contributed by atoms with Crippen molar-refractivity contribution in [3.63, 3.8) is 0 Å². The van der Waals surface area contributed by atoms with Gasteiger partial charge in [-0.15, -0.1) is 0 Å². The van der Waals surface area contributed by atoms with Gasteiger partial charge in [0.1, 0.15) is 11.4 Å². The minimum absolute atomic E-state index is 0.121. The van der Waals surface area contributed by atoms with Crippen molar-refractivity contribution in [3.8, 4) is 0 Å². The van der Waals surface area contributed by atoms with E-state index in [9.17, 15) is 18.7 Å². The minimum Gasteiger partial charge on any atom is -0.451 e. The van der Waals surface area contributed by atoms with Crippen molar-refractivity contribution in [1.29, 1.82) is 0 Å². The number of aliphatic hydroxyl groups excluding tert-OH is 1. The summed E-state index contributed by atoms with van der Waals surface area (Å²) in [7, 11) is 0. The van der Waals surface area contributed by atoms with E-state index in [1.165, 1.54) is 0 Å². The molecule has 1 fully saturated rings. The molecule has 3 N–H and O–H groups in total. The number of nitrogens with zero attached hydrogens (tertiary/aromatic N) is 2. The van der Waals surface area contributed by atoms with Crippen LogP contribution in [0.15, 0.2) is 65.8 Å². The van der Waals surface area contributed by atoms with Crippen LogP contribution in [0.2, 0.25) is 0 Å². The molecule has 3 aliphatic rings. The second-order valence-corrected chi connectivity index (χ2v) is 10.1. The summed E-state index contributed by atoms with van der Waals surface area (Å²) in [5.74, 6) is -2.51. The average molecular weight is 497 g/mol. The number of rotatable bonds is 7. The Labute approximate surface area is 208 Å². The van der Waals surface area contributed by atoms with Crippen molar-refractivity contribution < 1.29 is 23.4 Å². The van der Waals surface area contributed by atoms with Crippen LogP contribution in [0.1, 0.15) is 54.2 Å². The molecular formula is C27H30F2N4O3. The van der Waals surface area contributed by atoms with Crippen LogP contribution >= 0.6 is 0 Å². The Bertz CT molecular complexity index is 1190. The largest absolute Gasteiger partial charge is 0.451 e. The second kappa shape index (κ2) is 9.20. The van der Waals surface area contributed by atoms with Crippen LogP contribution in [-0.4, -0.2) is 47.2 Å². The molecule has 9 heteroatoms. The number of cyclic esters (lactones) is 1. The maximum Gasteiger partial charge on any atom is 0.339 e. The quantitative estimate of drug-likeness (QED) is 0.493. The van der Waals surface area contributed by atoms with Gasteiger partial charge in [0.15, 0.2) is 6.29 Å². The standard InChI is InChI=1S/C27H30F2N4O3/c1-26(2)21-12-19(8-9-20(21)24(35)36-26)30-25-32-23(31-22(16-34)18-6-4-3-5-7-18)10-11-33(25)15-17-13-27(28,29)14-17/h3-12,17,22,25,30,34H,13-16H2,1-2H3,(H,31,32)/t22-,25?/m1/s1.